The van der Waals surface area contributed by atoms with Crippen molar-refractivity contribution in [2.75, 3.05) is 26.2 Å². The van der Waals surface area contributed by atoms with Crippen LogP contribution in [0.15, 0.2) is 0 Å². The number of nitrogens with one attached hydrogen (secondary N) is 1. The molecule has 1 N–H and O–H groups in total. The molecule has 0 unspecified atom stereocenters. The number of carbonyl (C=O) groups excluding carboxylic acids is 1. The first kappa shape index (κ1) is 11.6. The molecule has 0 amide bonds. The topological polar surface area (TPSA) is 41.6 Å². The van der Waals surface area contributed by atoms with Crippen molar-refractivity contribution >= 4 is 6.29 Å². The van der Waals surface area contributed by atoms with E-state index in [0.717, 1.165) is 32.5 Å². The highest BCUT2D eigenvalue weighted by atomic mass is 16.5. The van der Waals surface area contributed by atoms with Gasteiger partial charge in [-0.25, -0.2) is 0 Å². The lowest BCUT2D eigenvalue weighted by Crippen LogP contribution is -2.51. The van der Waals surface area contributed by atoms with Crippen molar-refractivity contribution in [3.05, 3.63) is 0 Å². The van der Waals surface area contributed by atoms with Crippen molar-refractivity contribution in [2.45, 2.75) is 32.6 Å². The molecule has 82 valence electrons. The molecule has 4 nitrogen and oxygen atoms in total. The molecular formula is C10H20N2O2. The first-order chi connectivity index (χ1) is 6.53. The number of piperazine rings is 1. The van der Waals surface area contributed by atoms with Gasteiger partial charge < -0.3 is 10.1 Å². The maximum Gasteiger partial charge on any atom is 0.167 e. The molecule has 0 saturated carbocycles. The van der Waals surface area contributed by atoms with Gasteiger partial charge in [0.15, 0.2) is 12.5 Å². The van der Waals surface area contributed by atoms with E-state index in [-0.39, 0.29) is 5.60 Å². The summed E-state index contributed by atoms with van der Waals surface area (Å²) in [7, 11) is 0. The summed E-state index contributed by atoms with van der Waals surface area (Å²) in [6, 6.07) is 0. The van der Waals surface area contributed by atoms with Crippen molar-refractivity contribution in [3.8, 4) is 0 Å². The molecule has 1 atom stereocenters. The molecule has 14 heavy (non-hydrogen) atoms. The fourth-order valence-corrected chi connectivity index (χ4v) is 1.49. The maximum absolute atomic E-state index is 10.9. The number of carbonyl (C=O) groups is 1. The Morgan fingerprint density at radius 2 is 1.93 bits per heavy atom. The van der Waals surface area contributed by atoms with Crippen LogP contribution in [0.2, 0.25) is 0 Å². The van der Waals surface area contributed by atoms with Crippen LogP contribution in [0.4, 0.5) is 0 Å². The van der Waals surface area contributed by atoms with Crippen LogP contribution in [0.5, 0.6) is 0 Å². The van der Waals surface area contributed by atoms with Crippen molar-refractivity contribution in [1.82, 2.24) is 10.2 Å². The standard InChI is InChI=1S/C10H20N2O2/c1-10(2,3)14-9(8-13)12-6-4-11-5-7-12/h8-9,11H,4-7H2,1-3H3/t9-/m0/s1. The second-order valence-electron chi connectivity index (χ2n) is 4.54. The Balaban J connectivity index is 2.47. The minimum absolute atomic E-state index is 0.267. The van der Waals surface area contributed by atoms with Crippen molar-refractivity contribution in [2.24, 2.45) is 0 Å². The van der Waals surface area contributed by atoms with Crippen LogP contribution in [0.1, 0.15) is 20.8 Å². The highest BCUT2D eigenvalue weighted by Crippen LogP contribution is 2.12. The fraction of sp³-hybridized carbons (Fsp3) is 0.900. The summed E-state index contributed by atoms with van der Waals surface area (Å²) in [5.41, 5.74) is -0.267. The average Bonchev–Trinajstić information content (AvgIpc) is 2.14. The van der Waals surface area contributed by atoms with Crippen LogP contribution in [0.25, 0.3) is 0 Å². The zero-order chi connectivity index (χ0) is 10.6. The van der Waals surface area contributed by atoms with Gasteiger partial charge in [0.05, 0.1) is 5.60 Å². The van der Waals surface area contributed by atoms with Crippen LogP contribution in [0, 0.1) is 0 Å². The van der Waals surface area contributed by atoms with Gasteiger partial charge in [-0.05, 0) is 20.8 Å². The molecule has 0 aromatic rings. The van der Waals surface area contributed by atoms with E-state index in [1.807, 2.05) is 20.8 Å². The molecule has 0 aromatic heterocycles. The molecule has 0 bridgehead atoms. The number of ether oxygens (including phenoxy) is 1. The molecule has 1 saturated heterocycles. The number of rotatable bonds is 3. The van der Waals surface area contributed by atoms with Gasteiger partial charge in [-0.15, -0.1) is 0 Å². The van der Waals surface area contributed by atoms with Gasteiger partial charge in [-0.1, -0.05) is 0 Å². The predicted octanol–water partition coefficient (Wildman–Crippen LogP) is 0.232. The lowest BCUT2D eigenvalue weighted by Gasteiger charge is -2.35. The van der Waals surface area contributed by atoms with Crippen LogP contribution in [-0.2, 0) is 9.53 Å². The quantitative estimate of drug-likeness (QED) is 0.662. The highest BCUT2D eigenvalue weighted by Gasteiger charge is 2.25. The first-order valence-corrected chi connectivity index (χ1v) is 5.11. The molecule has 0 aliphatic carbocycles. The Hall–Kier alpha value is -0.450. The normalized spacial score (nSPS) is 21.9. The SMILES string of the molecule is CC(C)(C)O[C@@H](C=O)N1CCNCC1. The Morgan fingerprint density at radius 1 is 1.36 bits per heavy atom. The van der Waals surface area contributed by atoms with E-state index in [1.165, 1.54) is 0 Å². The van der Waals surface area contributed by atoms with Gasteiger partial charge in [0.1, 0.15) is 0 Å². The molecule has 1 aliphatic heterocycles. The summed E-state index contributed by atoms with van der Waals surface area (Å²) in [6.45, 7) is 9.50. The number of hydrogen-bond acceptors (Lipinski definition) is 4. The third-order valence-electron chi connectivity index (χ3n) is 2.10. The second-order valence-corrected chi connectivity index (χ2v) is 4.54. The van der Waals surface area contributed by atoms with E-state index in [0.29, 0.717) is 0 Å². The largest absolute Gasteiger partial charge is 0.350 e. The summed E-state index contributed by atoms with van der Waals surface area (Å²) in [6.07, 6.45) is 0.494. The zero-order valence-electron chi connectivity index (χ0n) is 9.25. The molecule has 1 rings (SSSR count). The van der Waals surface area contributed by atoms with Crippen LogP contribution in [0.3, 0.4) is 0 Å². The van der Waals surface area contributed by atoms with Gasteiger partial charge in [-0.3, -0.25) is 9.69 Å². The predicted molar refractivity (Wildman–Crippen MR) is 55.1 cm³/mol. The van der Waals surface area contributed by atoms with E-state index in [1.54, 1.807) is 0 Å². The lowest BCUT2D eigenvalue weighted by atomic mass is 10.2. The lowest BCUT2D eigenvalue weighted by molar-refractivity contribution is -0.153. The van der Waals surface area contributed by atoms with Crippen molar-refractivity contribution in [3.63, 3.8) is 0 Å². The molecule has 1 fully saturated rings. The number of aldehydes is 1. The van der Waals surface area contributed by atoms with E-state index in [9.17, 15) is 4.79 Å². The Labute approximate surface area is 85.6 Å². The van der Waals surface area contributed by atoms with Crippen molar-refractivity contribution in [1.29, 1.82) is 0 Å². The summed E-state index contributed by atoms with van der Waals surface area (Å²) < 4.78 is 5.66. The Kier molecular flexibility index (Phi) is 4.04. The number of nitrogens with zero attached hydrogens (tertiary/aromatic N) is 1. The molecule has 0 radical (unpaired) electrons. The summed E-state index contributed by atoms with van der Waals surface area (Å²) in [5, 5.41) is 3.24. The number of hydrogen-bond donors (Lipinski definition) is 1. The zero-order valence-corrected chi connectivity index (χ0v) is 9.25. The second kappa shape index (κ2) is 4.87. The van der Waals surface area contributed by atoms with Crippen LogP contribution >= 0.6 is 0 Å². The van der Waals surface area contributed by atoms with Crippen molar-refractivity contribution < 1.29 is 9.53 Å². The van der Waals surface area contributed by atoms with Crippen LogP contribution in [-0.4, -0.2) is 49.2 Å². The summed E-state index contributed by atoms with van der Waals surface area (Å²) >= 11 is 0. The fourth-order valence-electron chi connectivity index (χ4n) is 1.49. The Morgan fingerprint density at radius 3 is 2.36 bits per heavy atom. The van der Waals surface area contributed by atoms with Gasteiger partial charge in [0, 0.05) is 26.2 Å². The molecule has 1 heterocycles. The van der Waals surface area contributed by atoms with Gasteiger partial charge in [0.25, 0.3) is 0 Å². The van der Waals surface area contributed by atoms with Gasteiger partial charge in [-0.2, -0.15) is 0 Å². The van der Waals surface area contributed by atoms with E-state index in [2.05, 4.69) is 10.2 Å². The molecule has 0 aromatic carbocycles. The minimum Gasteiger partial charge on any atom is -0.350 e. The average molecular weight is 200 g/mol. The summed E-state index contributed by atoms with van der Waals surface area (Å²) in [5.74, 6) is 0. The van der Waals surface area contributed by atoms with Crippen LogP contribution < -0.4 is 5.32 Å². The molecule has 4 heteroatoms. The monoisotopic (exact) mass is 200 g/mol. The molecule has 1 aliphatic rings. The minimum atomic E-state index is -0.392. The highest BCUT2D eigenvalue weighted by molar-refractivity contribution is 5.55. The van der Waals surface area contributed by atoms with E-state index in [4.69, 9.17) is 4.74 Å². The van der Waals surface area contributed by atoms with E-state index >= 15 is 0 Å². The van der Waals surface area contributed by atoms with Gasteiger partial charge >= 0.3 is 0 Å². The third kappa shape index (κ3) is 3.74. The molecule has 0 spiro atoms. The third-order valence-corrected chi connectivity index (χ3v) is 2.10. The summed E-state index contributed by atoms with van der Waals surface area (Å²) in [4.78, 5) is 13.0. The molecular weight excluding hydrogens is 180 g/mol. The Bertz CT molecular complexity index is 183. The van der Waals surface area contributed by atoms with Gasteiger partial charge in [0.2, 0.25) is 0 Å². The van der Waals surface area contributed by atoms with E-state index < -0.39 is 6.23 Å². The smallest absolute Gasteiger partial charge is 0.167 e. The maximum atomic E-state index is 10.9. The first-order valence-electron chi connectivity index (χ1n) is 5.11.